The Morgan fingerprint density at radius 2 is 1.85 bits per heavy atom. The first-order valence-electron chi connectivity index (χ1n) is 7.31. The minimum atomic E-state index is 0.393. The number of hydrogen-bond donors (Lipinski definition) is 1. The molecule has 1 aromatic heterocycles. The van der Waals surface area contributed by atoms with Gasteiger partial charge in [-0.25, -0.2) is 0 Å². The molecule has 108 valence electrons. The Morgan fingerprint density at radius 1 is 1.20 bits per heavy atom. The van der Waals surface area contributed by atoms with Crippen molar-refractivity contribution in [3.05, 3.63) is 52.3 Å². The van der Waals surface area contributed by atoms with E-state index < -0.39 is 0 Å². The topological polar surface area (TPSA) is 29.9 Å². The van der Waals surface area contributed by atoms with Crippen LogP contribution in [-0.4, -0.2) is 16.8 Å². The van der Waals surface area contributed by atoms with Crippen LogP contribution in [-0.2, 0) is 6.54 Å². The second-order valence-electron chi connectivity index (χ2n) is 5.60. The molecule has 0 saturated carbocycles. The normalized spacial score (nSPS) is 12.7. The fourth-order valence-electron chi connectivity index (χ4n) is 2.87. The lowest BCUT2D eigenvalue weighted by Gasteiger charge is -2.12. The Labute approximate surface area is 122 Å². The maximum atomic E-state index is 4.51. The van der Waals surface area contributed by atoms with E-state index in [1.165, 1.54) is 27.8 Å². The number of nitrogens with one attached hydrogen (secondary N) is 1. The third kappa shape index (κ3) is 3.10. The highest BCUT2D eigenvalue weighted by Crippen LogP contribution is 2.19. The monoisotopic (exact) mass is 271 g/mol. The Hall–Kier alpha value is -1.61. The van der Waals surface area contributed by atoms with Crippen molar-refractivity contribution in [2.75, 3.05) is 7.05 Å². The first-order valence-corrected chi connectivity index (χ1v) is 7.31. The average Bonchev–Trinajstić information content (AvgIpc) is 2.84. The van der Waals surface area contributed by atoms with Crippen molar-refractivity contribution in [3.8, 4) is 0 Å². The number of nitrogens with zero attached hydrogens (tertiary/aromatic N) is 2. The molecule has 2 rings (SSSR count). The Morgan fingerprint density at radius 3 is 2.40 bits per heavy atom. The van der Waals surface area contributed by atoms with Crippen LogP contribution in [0.15, 0.2) is 24.5 Å². The first kappa shape index (κ1) is 14.8. The summed E-state index contributed by atoms with van der Waals surface area (Å²) >= 11 is 0. The molecule has 0 aliphatic heterocycles. The number of hydrogen-bond acceptors (Lipinski definition) is 2. The standard InChI is InChI=1S/C17H25N3/c1-6-17(18-5)15-9-19-20(10-15)11-16-13(3)7-12(2)8-14(16)4/h7-10,17-18H,6,11H2,1-5H3. The number of aryl methyl sites for hydroxylation is 3. The van der Waals surface area contributed by atoms with Crippen molar-refractivity contribution >= 4 is 0 Å². The van der Waals surface area contributed by atoms with Crippen LogP contribution in [0, 0.1) is 20.8 Å². The zero-order valence-electron chi connectivity index (χ0n) is 13.2. The third-order valence-electron chi connectivity index (χ3n) is 3.97. The van der Waals surface area contributed by atoms with Gasteiger partial charge in [0.2, 0.25) is 0 Å². The Bertz CT molecular complexity index is 557. The maximum Gasteiger partial charge on any atom is 0.0664 e. The summed E-state index contributed by atoms with van der Waals surface area (Å²) < 4.78 is 2.04. The fraction of sp³-hybridized carbons (Fsp3) is 0.471. The van der Waals surface area contributed by atoms with Crippen molar-refractivity contribution in [2.45, 2.75) is 46.7 Å². The second kappa shape index (κ2) is 6.23. The summed E-state index contributed by atoms with van der Waals surface area (Å²) in [5.41, 5.74) is 6.66. The van der Waals surface area contributed by atoms with Gasteiger partial charge < -0.3 is 5.32 Å². The van der Waals surface area contributed by atoms with E-state index in [0.29, 0.717) is 6.04 Å². The van der Waals surface area contributed by atoms with Crippen LogP contribution in [0.5, 0.6) is 0 Å². The molecule has 1 heterocycles. The van der Waals surface area contributed by atoms with E-state index in [9.17, 15) is 0 Å². The molecule has 0 fully saturated rings. The van der Waals surface area contributed by atoms with Crippen LogP contribution in [0.2, 0.25) is 0 Å². The summed E-state index contributed by atoms with van der Waals surface area (Å²) in [6.07, 6.45) is 5.21. The summed E-state index contributed by atoms with van der Waals surface area (Å²) in [6, 6.07) is 4.88. The number of rotatable bonds is 5. The molecule has 20 heavy (non-hydrogen) atoms. The molecule has 2 aromatic rings. The molecule has 0 radical (unpaired) electrons. The van der Waals surface area contributed by atoms with Crippen LogP contribution in [0.1, 0.15) is 47.2 Å². The van der Waals surface area contributed by atoms with E-state index in [-0.39, 0.29) is 0 Å². The molecular weight excluding hydrogens is 246 g/mol. The van der Waals surface area contributed by atoms with Gasteiger partial charge in [0, 0.05) is 17.8 Å². The molecule has 1 atom stereocenters. The molecule has 1 aromatic carbocycles. The highest BCUT2D eigenvalue weighted by molar-refractivity contribution is 5.37. The molecule has 3 heteroatoms. The minimum Gasteiger partial charge on any atom is -0.313 e. The van der Waals surface area contributed by atoms with Gasteiger partial charge in [-0.15, -0.1) is 0 Å². The van der Waals surface area contributed by atoms with Gasteiger partial charge in [-0.05, 0) is 50.9 Å². The first-order chi connectivity index (χ1) is 9.55. The zero-order valence-corrected chi connectivity index (χ0v) is 13.2. The van der Waals surface area contributed by atoms with E-state index in [2.05, 4.69) is 56.4 Å². The van der Waals surface area contributed by atoms with Gasteiger partial charge in [0.1, 0.15) is 0 Å². The minimum absolute atomic E-state index is 0.393. The molecular formula is C17H25N3. The quantitative estimate of drug-likeness (QED) is 0.901. The molecule has 1 N–H and O–H groups in total. The SMILES string of the molecule is CCC(NC)c1cnn(Cc2c(C)cc(C)cc2C)c1. The molecule has 0 amide bonds. The Kier molecular flexibility index (Phi) is 4.61. The number of benzene rings is 1. The van der Waals surface area contributed by atoms with Gasteiger partial charge >= 0.3 is 0 Å². The van der Waals surface area contributed by atoms with Gasteiger partial charge in [-0.2, -0.15) is 5.10 Å². The fourth-order valence-corrected chi connectivity index (χ4v) is 2.87. The number of aromatic nitrogens is 2. The molecule has 0 saturated heterocycles. The lowest BCUT2D eigenvalue weighted by molar-refractivity contribution is 0.575. The lowest BCUT2D eigenvalue weighted by Crippen LogP contribution is -2.14. The van der Waals surface area contributed by atoms with Crippen molar-refractivity contribution < 1.29 is 0 Å². The van der Waals surface area contributed by atoms with Crippen LogP contribution in [0.25, 0.3) is 0 Å². The van der Waals surface area contributed by atoms with Crippen LogP contribution < -0.4 is 5.32 Å². The lowest BCUT2D eigenvalue weighted by atomic mass is 10.00. The molecule has 0 aliphatic carbocycles. The maximum absolute atomic E-state index is 4.51. The van der Waals surface area contributed by atoms with Gasteiger partial charge in [0.25, 0.3) is 0 Å². The van der Waals surface area contributed by atoms with Crippen LogP contribution in [0.4, 0.5) is 0 Å². The zero-order chi connectivity index (χ0) is 14.7. The third-order valence-corrected chi connectivity index (χ3v) is 3.97. The summed E-state index contributed by atoms with van der Waals surface area (Å²) in [5.74, 6) is 0. The highest BCUT2D eigenvalue weighted by atomic mass is 15.3. The highest BCUT2D eigenvalue weighted by Gasteiger charge is 2.10. The Balaban J connectivity index is 2.23. The second-order valence-corrected chi connectivity index (χ2v) is 5.60. The molecule has 1 unspecified atom stereocenters. The average molecular weight is 271 g/mol. The van der Waals surface area contributed by atoms with Crippen LogP contribution >= 0.6 is 0 Å². The summed E-state index contributed by atoms with van der Waals surface area (Å²) in [6.45, 7) is 9.55. The van der Waals surface area contributed by atoms with Crippen molar-refractivity contribution in [1.29, 1.82) is 0 Å². The summed E-state index contributed by atoms with van der Waals surface area (Å²) in [4.78, 5) is 0. The van der Waals surface area contributed by atoms with Gasteiger partial charge in [0.05, 0.1) is 12.7 Å². The molecule has 0 spiro atoms. The van der Waals surface area contributed by atoms with Gasteiger partial charge in [-0.3, -0.25) is 4.68 Å². The van der Waals surface area contributed by atoms with E-state index in [1.54, 1.807) is 0 Å². The summed E-state index contributed by atoms with van der Waals surface area (Å²) in [7, 11) is 2.00. The molecule has 0 aliphatic rings. The van der Waals surface area contributed by atoms with E-state index in [4.69, 9.17) is 0 Å². The van der Waals surface area contributed by atoms with Crippen molar-refractivity contribution in [2.24, 2.45) is 0 Å². The predicted octanol–water partition coefficient (Wildman–Crippen LogP) is 3.53. The molecule has 0 bridgehead atoms. The van der Waals surface area contributed by atoms with Gasteiger partial charge in [0.15, 0.2) is 0 Å². The molecule has 3 nitrogen and oxygen atoms in total. The van der Waals surface area contributed by atoms with E-state index in [0.717, 1.165) is 13.0 Å². The van der Waals surface area contributed by atoms with Crippen molar-refractivity contribution in [3.63, 3.8) is 0 Å². The van der Waals surface area contributed by atoms with Gasteiger partial charge in [-0.1, -0.05) is 24.6 Å². The van der Waals surface area contributed by atoms with Crippen molar-refractivity contribution in [1.82, 2.24) is 15.1 Å². The largest absolute Gasteiger partial charge is 0.313 e. The van der Waals surface area contributed by atoms with E-state index >= 15 is 0 Å². The summed E-state index contributed by atoms with van der Waals surface area (Å²) in [5, 5.41) is 7.83. The smallest absolute Gasteiger partial charge is 0.0664 e. The van der Waals surface area contributed by atoms with Crippen LogP contribution in [0.3, 0.4) is 0 Å². The predicted molar refractivity (Wildman–Crippen MR) is 84.1 cm³/mol. The van der Waals surface area contributed by atoms with E-state index in [1.807, 2.05) is 17.9 Å².